The van der Waals surface area contributed by atoms with Crippen LogP contribution in [0.4, 0.5) is 0 Å². The SMILES string of the molecule is CSc1ccc(Cn2cnc3c2c(=O)n(C)c(=O)n3C)cc1. The van der Waals surface area contributed by atoms with Crippen LogP contribution in [0.1, 0.15) is 5.56 Å². The maximum atomic E-state index is 12.4. The third-order valence-corrected chi connectivity index (χ3v) is 4.47. The molecule has 0 saturated carbocycles. The molecule has 0 saturated heterocycles. The lowest BCUT2D eigenvalue weighted by molar-refractivity contribution is 0.702. The highest BCUT2D eigenvalue weighted by Crippen LogP contribution is 2.16. The van der Waals surface area contributed by atoms with Gasteiger partial charge < -0.3 is 4.57 Å². The molecule has 22 heavy (non-hydrogen) atoms. The Bertz CT molecular complexity index is 951. The zero-order chi connectivity index (χ0) is 15.9. The standard InChI is InChI=1S/C15H16N4O2S/c1-17-13-12(14(20)18(2)15(17)21)19(9-16-13)8-10-4-6-11(22-3)7-5-10/h4-7,9H,8H2,1-3H3. The fourth-order valence-electron chi connectivity index (χ4n) is 2.44. The molecule has 1 aromatic carbocycles. The molecule has 3 rings (SSSR count). The zero-order valence-electron chi connectivity index (χ0n) is 12.6. The lowest BCUT2D eigenvalue weighted by Crippen LogP contribution is -2.37. The monoisotopic (exact) mass is 316 g/mol. The molecule has 0 radical (unpaired) electrons. The van der Waals surface area contributed by atoms with Crippen molar-refractivity contribution in [2.24, 2.45) is 14.1 Å². The fraction of sp³-hybridized carbons (Fsp3) is 0.267. The number of rotatable bonds is 3. The van der Waals surface area contributed by atoms with Gasteiger partial charge in [0.15, 0.2) is 11.2 Å². The van der Waals surface area contributed by atoms with Crippen LogP contribution >= 0.6 is 11.8 Å². The topological polar surface area (TPSA) is 61.8 Å². The van der Waals surface area contributed by atoms with Crippen LogP contribution < -0.4 is 11.2 Å². The smallest absolute Gasteiger partial charge is 0.320 e. The second-order valence-corrected chi connectivity index (χ2v) is 5.98. The van der Waals surface area contributed by atoms with Crippen LogP contribution in [0.5, 0.6) is 0 Å². The van der Waals surface area contributed by atoms with Crippen LogP contribution in [-0.2, 0) is 20.6 Å². The van der Waals surface area contributed by atoms with Gasteiger partial charge in [-0.3, -0.25) is 13.9 Å². The lowest BCUT2D eigenvalue weighted by Gasteiger charge is -2.07. The summed E-state index contributed by atoms with van der Waals surface area (Å²) in [6.45, 7) is 0.540. The van der Waals surface area contributed by atoms with Gasteiger partial charge in [-0.15, -0.1) is 11.8 Å². The van der Waals surface area contributed by atoms with Gasteiger partial charge in [0, 0.05) is 25.5 Å². The van der Waals surface area contributed by atoms with Crippen molar-refractivity contribution in [3.8, 4) is 0 Å². The second-order valence-electron chi connectivity index (χ2n) is 5.10. The Kier molecular flexibility index (Phi) is 3.66. The van der Waals surface area contributed by atoms with Crippen LogP contribution in [0.15, 0.2) is 45.1 Å². The summed E-state index contributed by atoms with van der Waals surface area (Å²) >= 11 is 1.69. The van der Waals surface area contributed by atoms with Gasteiger partial charge >= 0.3 is 5.69 Å². The van der Waals surface area contributed by atoms with Crippen LogP contribution in [0.3, 0.4) is 0 Å². The first kappa shape index (κ1) is 14.6. The van der Waals surface area contributed by atoms with Gasteiger partial charge in [0.05, 0.1) is 6.33 Å². The van der Waals surface area contributed by atoms with Crippen molar-refractivity contribution in [3.05, 3.63) is 57.0 Å². The summed E-state index contributed by atoms with van der Waals surface area (Å²) in [5.41, 5.74) is 1.24. The van der Waals surface area contributed by atoms with Crippen molar-refractivity contribution in [1.29, 1.82) is 0 Å². The number of hydrogen-bond donors (Lipinski definition) is 0. The molecular formula is C15H16N4O2S. The van der Waals surface area contributed by atoms with Gasteiger partial charge in [-0.05, 0) is 24.0 Å². The fourth-order valence-corrected chi connectivity index (χ4v) is 2.85. The average Bonchev–Trinajstić information content (AvgIpc) is 2.95. The minimum Gasteiger partial charge on any atom is -0.320 e. The van der Waals surface area contributed by atoms with Crippen LogP contribution in [0.25, 0.3) is 11.2 Å². The van der Waals surface area contributed by atoms with Crippen molar-refractivity contribution in [1.82, 2.24) is 18.7 Å². The summed E-state index contributed by atoms with van der Waals surface area (Å²) in [6.07, 6.45) is 3.64. The van der Waals surface area contributed by atoms with E-state index in [4.69, 9.17) is 0 Å². The molecule has 2 aromatic heterocycles. The minimum absolute atomic E-state index is 0.323. The molecule has 114 valence electrons. The number of imidazole rings is 1. The van der Waals surface area contributed by atoms with Crippen LogP contribution in [-0.4, -0.2) is 24.9 Å². The van der Waals surface area contributed by atoms with E-state index in [-0.39, 0.29) is 11.2 Å². The number of hydrogen-bond acceptors (Lipinski definition) is 4. The van der Waals surface area contributed by atoms with Crippen molar-refractivity contribution in [3.63, 3.8) is 0 Å². The summed E-state index contributed by atoms with van der Waals surface area (Å²) in [5.74, 6) is 0. The van der Waals surface area contributed by atoms with Gasteiger partial charge in [-0.2, -0.15) is 0 Å². The predicted octanol–water partition coefficient (Wildman–Crippen LogP) is 1.20. The Morgan fingerprint density at radius 3 is 2.41 bits per heavy atom. The molecule has 0 aliphatic heterocycles. The normalized spacial score (nSPS) is 11.2. The summed E-state index contributed by atoms with van der Waals surface area (Å²) in [4.78, 5) is 29.7. The number of thioether (sulfide) groups is 1. The molecule has 0 amide bonds. The van der Waals surface area contributed by atoms with E-state index in [1.807, 2.05) is 30.5 Å². The Hall–Kier alpha value is -2.28. The molecule has 0 atom stereocenters. The highest BCUT2D eigenvalue weighted by Gasteiger charge is 2.14. The first-order valence-electron chi connectivity index (χ1n) is 6.76. The van der Waals surface area contributed by atoms with Crippen LogP contribution in [0, 0.1) is 0 Å². The summed E-state index contributed by atoms with van der Waals surface area (Å²) < 4.78 is 4.28. The number of nitrogens with zero attached hydrogens (tertiary/aromatic N) is 4. The molecule has 6 nitrogen and oxygen atoms in total. The minimum atomic E-state index is -0.368. The summed E-state index contributed by atoms with van der Waals surface area (Å²) in [7, 11) is 3.10. The molecule has 0 fully saturated rings. The predicted molar refractivity (Wildman–Crippen MR) is 87.5 cm³/mol. The lowest BCUT2D eigenvalue weighted by atomic mass is 10.2. The van der Waals surface area contributed by atoms with Crippen molar-refractivity contribution >= 4 is 22.9 Å². The Morgan fingerprint density at radius 2 is 1.77 bits per heavy atom. The molecular weight excluding hydrogens is 300 g/mol. The number of aromatic nitrogens is 4. The highest BCUT2D eigenvalue weighted by atomic mass is 32.2. The first-order valence-corrected chi connectivity index (χ1v) is 7.99. The van der Waals surface area contributed by atoms with Crippen LogP contribution in [0.2, 0.25) is 0 Å². The van der Waals surface area contributed by atoms with Crippen molar-refractivity contribution in [2.45, 2.75) is 11.4 Å². The Morgan fingerprint density at radius 1 is 1.09 bits per heavy atom. The Balaban J connectivity index is 2.12. The van der Waals surface area contributed by atoms with Crippen molar-refractivity contribution in [2.75, 3.05) is 6.26 Å². The molecule has 0 unspecified atom stereocenters. The second kappa shape index (κ2) is 5.49. The van der Waals surface area contributed by atoms with Gasteiger partial charge in [0.2, 0.25) is 0 Å². The zero-order valence-corrected chi connectivity index (χ0v) is 13.4. The van der Waals surface area contributed by atoms with E-state index in [9.17, 15) is 9.59 Å². The van der Waals surface area contributed by atoms with Gasteiger partial charge in [0.1, 0.15) is 0 Å². The van der Waals surface area contributed by atoms with Gasteiger partial charge in [0.25, 0.3) is 5.56 Å². The van der Waals surface area contributed by atoms with E-state index in [0.717, 1.165) is 10.1 Å². The number of fused-ring (bicyclic) bond motifs is 1. The summed E-state index contributed by atoms with van der Waals surface area (Å²) in [5, 5.41) is 0. The molecule has 2 heterocycles. The van der Waals surface area contributed by atoms with E-state index in [0.29, 0.717) is 17.7 Å². The van der Waals surface area contributed by atoms with Crippen molar-refractivity contribution < 1.29 is 0 Å². The number of aryl methyl sites for hydroxylation is 1. The average molecular weight is 316 g/mol. The molecule has 0 aliphatic carbocycles. The van der Waals surface area contributed by atoms with E-state index in [1.165, 1.54) is 16.5 Å². The molecule has 7 heteroatoms. The molecule has 0 bridgehead atoms. The van der Waals surface area contributed by atoms with E-state index < -0.39 is 0 Å². The third-order valence-electron chi connectivity index (χ3n) is 3.73. The molecule has 0 spiro atoms. The van der Waals surface area contributed by atoms with E-state index in [2.05, 4.69) is 4.98 Å². The Labute approximate surface area is 131 Å². The molecule has 0 aliphatic rings. The highest BCUT2D eigenvalue weighted by molar-refractivity contribution is 7.98. The number of benzene rings is 1. The van der Waals surface area contributed by atoms with Gasteiger partial charge in [-0.1, -0.05) is 12.1 Å². The quantitative estimate of drug-likeness (QED) is 0.681. The summed E-state index contributed by atoms with van der Waals surface area (Å²) in [6, 6.07) is 8.16. The first-order chi connectivity index (χ1) is 10.5. The maximum Gasteiger partial charge on any atom is 0.332 e. The molecule has 3 aromatic rings. The largest absolute Gasteiger partial charge is 0.332 e. The van der Waals surface area contributed by atoms with Gasteiger partial charge in [-0.25, -0.2) is 9.78 Å². The third kappa shape index (κ3) is 2.27. The molecule has 0 N–H and O–H groups in total. The van der Waals surface area contributed by atoms with E-state index in [1.54, 1.807) is 29.7 Å². The van der Waals surface area contributed by atoms with E-state index >= 15 is 0 Å². The maximum absolute atomic E-state index is 12.4.